The highest BCUT2D eigenvalue weighted by Crippen LogP contribution is 2.32. The highest BCUT2D eigenvalue weighted by Gasteiger charge is 2.28. The van der Waals surface area contributed by atoms with Crippen LogP contribution < -0.4 is 14.8 Å². The number of sulfonamides is 2. The lowest BCUT2D eigenvalue weighted by molar-refractivity contribution is 0.102. The summed E-state index contributed by atoms with van der Waals surface area (Å²) < 4.78 is 60.6. The molecule has 1 fully saturated rings. The van der Waals surface area contributed by atoms with Crippen molar-refractivity contribution in [1.82, 2.24) is 14.5 Å². The molecule has 11 nitrogen and oxygen atoms in total. The standard InChI is InChI=1S/C21H22ClN5O6S3/c1-33-18-10-9-16(36(31,32)27-11-3-2-4-12-27)13-17(18)26-35(29,30)21-25-24-20(34-21)23-19(28)14-5-7-15(22)8-6-14/h5-10,13,26H,2-4,11-12H2,1H3,(H,23,24,28). The number of hydrogen-bond donors (Lipinski definition) is 2. The number of anilines is 2. The van der Waals surface area contributed by atoms with Gasteiger partial charge in [0, 0.05) is 23.7 Å². The second-order valence-electron chi connectivity index (χ2n) is 7.77. The molecule has 2 heterocycles. The number of methoxy groups -OCH3 is 1. The molecule has 0 atom stereocenters. The van der Waals surface area contributed by atoms with E-state index in [0.29, 0.717) is 35.0 Å². The summed E-state index contributed by atoms with van der Waals surface area (Å²) in [5.74, 6) is -0.394. The molecule has 1 amide bonds. The van der Waals surface area contributed by atoms with Gasteiger partial charge in [-0.15, -0.1) is 10.2 Å². The van der Waals surface area contributed by atoms with Gasteiger partial charge in [-0.2, -0.15) is 12.7 Å². The molecule has 0 spiro atoms. The molecular formula is C21H22ClN5O6S3. The quantitative estimate of drug-likeness (QED) is 0.391. The first-order chi connectivity index (χ1) is 17.1. The number of carbonyl (C=O) groups excluding carboxylic acids is 1. The van der Waals surface area contributed by atoms with E-state index in [-0.39, 0.29) is 21.5 Å². The number of nitrogens with one attached hydrogen (secondary N) is 2. The van der Waals surface area contributed by atoms with Crippen LogP contribution in [0.5, 0.6) is 5.75 Å². The molecule has 3 aromatic rings. The minimum Gasteiger partial charge on any atom is -0.495 e. The Morgan fingerprint density at radius 2 is 1.72 bits per heavy atom. The smallest absolute Gasteiger partial charge is 0.291 e. The zero-order valence-corrected chi connectivity index (χ0v) is 22.2. The van der Waals surface area contributed by atoms with E-state index in [0.717, 1.165) is 19.3 Å². The Balaban J connectivity index is 1.55. The molecule has 1 saturated heterocycles. The van der Waals surface area contributed by atoms with Gasteiger partial charge in [0.2, 0.25) is 15.2 Å². The van der Waals surface area contributed by atoms with Gasteiger partial charge >= 0.3 is 0 Å². The third kappa shape index (κ3) is 5.78. The molecule has 0 radical (unpaired) electrons. The van der Waals surface area contributed by atoms with Crippen molar-refractivity contribution in [2.75, 3.05) is 30.2 Å². The van der Waals surface area contributed by atoms with E-state index in [2.05, 4.69) is 20.2 Å². The largest absolute Gasteiger partial charge is 0.495 e. The molecule has 2 N–H and O–H groups in total. The average Bonchev–Trinajstić information content (AvgIpc) is 3.34. The Kier molecular flexibility index (Phi) is 7.80. The highest BCUT2D eigenvalue weighted by molar-refractivity contribution is 7.94. The van der Waals surface area contributed by atoms with Crippen molar-refractivity contribution in [3.8, 4) is 5.75 Å². The van der Waals surface area contributed by atoms with E-state index in [1.807, 2.05) is 0 Å². The molecule has 36 heavy (non-hydrogen) atoms. The normalized spacial score (nSPS) is 14.8. The fourth-order valence-electron chi connectivity index (χ4n) is 3.51. The molecule has 1 aliphatic heterocycles. The number of piperidine rings is 1. The van der Waals surface area contributed by atoms with Gasteiger partial charge in [0.05, 0.1) is 17.7 Å². The van der Waals surface area contributed by atoms with Crippen LogP contribution in [0.2, 0.25) is 5.02 Å². The third-order valence-corrected chi connectivity index (χ3v) is 10.0. The lowest BCUT2D eigenvalue weighted by Gasteiger charge is -2.26. The van der Waals surface area contributed by atoms with Crippen molar-refractivity contribution in [3.63, 3.8) is 0 Å². The number of ether oxygens (including phenoxy) is 1. The second kappa shape index (κ2) is 10.7. The van der Waals surface area contributed by atoms with Crippen LogP contribution in [0.25, 0.3) is 0 Å². The van der Waals surface area contributed by atoms with Gasteiger partial charge in [0.15, 0.2) is 0 Å². The van der Waals surface area contributed by atoms with Crippen LogP contribution in [-0.2, 0) is 20.0 Å². The Morgan fingerprint density at radius 1 is 1.03 bits per heavy atom. The Hall–Kier alpha value is -2.78. The topological polar surface area (TPSA) is 148 Å². The van der Waals surface area contributed by atoms with Crippen LogP contribution in [0.4, 0.5) is 10.8 Å². The molecule has 0 unspecified atom stereocenters. The molecular weight excluding hydrogens is 550 g/mol. The number of hydrogen-bond acceptors (Lipinski definition) is 9. The van der Waals surface area contributed by atoms with Crippen LogP contribution in [-0.4, -0.2) is 57.4 Å². The van der Waals surface area contributed by atoms with E-state index < -0.39 is 30.3 Å². The first-order valence-electron chi connectivity index (χ1n) is 10.7. The maximum Gasteiger partial charge on any atom is 0.291 e. The number of carbonyl (C=O) groups is 1. The lowest BCUT2D eigenvalue weighted by Crippen LogP contribution is -2.35. The molecule has 4 rings (SSSR count). The number of benzene rings is 2. The molecule has 2 aromatic carbocycles. The van der Waals surface area contributed by atoms with Crippen molar-refractivity contribution in [3.05, 3.63) is 53.1 Å². The summed E-state index contributed by atoms with van der Waals surface area (Å²) >= 11 is 6.46. The molecule has 1 aliphatic rings. The summed E-state index contributed by atoms with van der Waals surface area (Å²) in [4.78, 5) is 12.3. The van der Waals surface area contributed by atoms with Gasteiger partial charge in [0.25, 0.3) is 20.3 Å². The van der Waals surface area contributed by atoms with Gasteiger partial charge in [-0.25, -0.2) is 8.42 Å². The number of rotatable bonds is 8. The van der Waals surface area contributed by atoms with Crippen LogP contribution in [0.1, 0.15) is 29.6 Å². The van der Waals surface area contributed by atoms with Gasteiger partial charge in [-0.1, -0.05) is 29.4 Å². The zero-order chi connectivity index (χ0) is 25.9. The number of aromatic nitrogens is 2. The molecule has 0 saturated carbocycles. The molecule has 0 bridgehead atoms. The number of halogens is 1. The van der Waals surface area contributed by atoms with Crippen LogP contribution in [0, 0.1) is 0 Å². The highest BCUT2D eigenvalue weighted by atomic mass is 35.5. The van der Waals surface area contributed by atoms with E-state index in [1.54, 1.807) is 12.1 Å². The van der Waals surface area contributed by atoms with Crippen molar-refractivity contribution < 1.29 is 26.4 Å². The van der Waals surface area contributed by atoms with Crippen LogP contribution in [0.15, 0.2) is 51.7 Å². The summed E-state index contributed by atoms with van der Waals surface area (Å²) in [6.45, 7) is 0.815. The molecule has 192 valence electrons. The van der Waals surface area contributed by atoms with Crippen molar-refractivity contribution in [2.45, 2.75) is 28.5 Å². The molecule has 1 aromatic heterocycles. The predicted molar refractivity (Wildman–Crippen MR) is 136 cm³/mol. The Bertz CT molecular complexity index is 1470. The van der Waals surface area contributed by atoms with Gasteiger partial charge in [-0.05, 0) is 55.3 Å². The summed E-state index contributed by atoms with van der Waals surface area (Å²) in [5.41, 5.74) is 0.228. The lowest BCUT2D eigenvalue weighted by atomic mass is 10.2. The minimum atomic E-state index is -4.28. The maximum absolute atomic E-state index is 13.1. The summed E-state index contributed by atoms with van der Waals surface area (Å²) in [6.07, 6.45) is 2.50. The average molecular weight is 572 g/mol. The second-order valence-corrected chi connectivity index (χ2v) is 13.0. The van der Waals surface area contributed by atoms with Gasteiger partial charge in [-0.3, -0.25) is 14.8 Å². The zero-order valence-electron chi connectivity index (χ0n) is 19.0. The van der Waals surface area contributed by atoms with Crippen molar-refractivity contribution >= 4 is 59.7 Å². The van der Waals surface area contributed by atoms with E-state index in [9.17, 15) is 21.6 Å². The first kappa shape index (κ1) is 26.3. The first-order valence-corrected chi connectivity index (χ1v) is 14.8. The predicted octanol–water partition coefficient (Wildman–Crippen LogP) is 3.43. The fraction of sp³-hybridized carbons (Fsp3) is 0.286. The molecule has 15 heteroatoms. The van der Waals surface area contributed by atoms with Crippen molar-refractivity contribution in [2.24, 2.45) is 0 Å². The number of nitrogens with zero attached hydrogens (tertiary/aromatic N) is 3. The van der Waals surface area contributed by atoms with Crippen LogP contribution in [0.3, 0.4) is 0 Å². The van der Waals surface area contributed by atoms with Crippen LogP contribution >= 0.6 is 22.9 Å². The summed E-state index contributed by atoms with van der Waals surface area (Å²) in [5, 5.41) is 10.3. The Morgan fingerprint density at radius 3 is 2.39 bits per heavy atom. The van der Waals surface area contributed by atoms with Crippen molar-refractivity contribution in [1.29, 1.82) is 0 Å². The fourth-order valence-corrected chi connectivity index (χ4v) is 7.14. The third-order valence-electron chi connectivity index (χ3n) is 5.33. The summed E-state index contributed by atoms with van der Waals surface area (Å²) in [6, 6.07) is 10.1. The summed E-state index contributed by atoms with van der Waals surface area (Å²) in [7, 11) is -6.75. The maximum atomic E-state index is 13.1. The van der Waals surface area contributed by atoms with E-state index in [1.165, 1.54) is 41.7 Å². The van der Waals surface area contributed by atoms with E-state index in [4.69, 9.17) is 16.3 Å². The monoisotopic (exact) mass is 571 g/mol. The Labute approximate surface area is 217 Å². The van der Waals surface area contributed by atoms with E-state index >= 15 is 0 Å². The SMILES string of the molecule is COc1ccc(S(=O)(=O)N2CCCCC2)cc1NS(=O)(=O)c1nnc(NC(=O)c2ccc(Cl)cc2)s1. The minimum absolute atomic E-state index is 0.0382. The van der Waals surface area contributed by atoms with Gasteiger partial charge in [0.1, 0.15) is 5.75 Å². The molecule has 0 aliphatic carbocycles. The number of amides is 1. The van der Waals surface area contributed by atoms with Gasteiger partial charge < -0.3 is 4.74 Å².